The first kappa shape index (κ1) is 12.2. The van der Waals surface area contributed by atoms with E-state index in [-0.39, 0.29) is 18.1 Å². The maximum Gasteiger partial charge on any atom is 0.344 e. The van der Waals surface area contributed by atoms with Crippen LogP contribution in [0.15, 0.2) is 12.1 Å². The van der Waals surface area contributed by atoms with E-state index in [0.717, 1.165) is 0 Å². The SMILES string of the molecule is CCC(Oc1cc2c(cc1C=O)OCO2)C(=O)O. The summed E-state index contributed by atoms with van der Waals surface area (Å²) in [6, 6.07) is 2.94. The van der Waals surface area contributed by atoms with Crippen LogP contribution in [0.25, 0.3) is 0 Å². The highest BCUT2D eigenvalue weighted by Gasteiger charge is 2.22. The Morgan fingerprint density at radius 2 is 2.17 bits per heavy atom. The molecule has 1 aromatic rings. The molecule has 0 radical (unpaired) electrons. The van der Waals surface area contributed by atoms with Crippen molar-refractivity contribution in [2.45, 2.75) is 19.4 Å². The van der Waals surface area contributed by atoms with Crippen molar-refractivity contribution in [3.05, 3.63) is 17.7 Å². The Balaban J connectivity index is 2.31. The quantitative estimate of drug-likeness (QED) is 0.799. The van der Waals surface area contributed by atoms with E-state index in [1.54, 1.807) is 6.92 Å². The van der Waals surface area contributed by atoms with Gasteiger partial charge in [0.25, 0.3) is 0 Å². The molecule has 0 fully saturated rings. The number of hydrogen-bond acceptors (Lipinski definition) is 5. The lowest BCUT2D eigenvalue weighted by atomic mass is 10.2. The van der Waals surface area contributed by atoms with Gasteiger partial charge in [0.15, 0.2) is 23.9 Å². The highest BCUT2D eigenvalue weighted by atomic mass is 16.7. The third-order valence-corrected chi connectivity index (χ3v) is 2.55. The fraction of sp³-hybridized carbons (Fsp3) is 0.333. The van der Waals surface area contributed by atoms with Crippen molar-refractivity contribution in [2.75, 3.05) is 6.79 Å². The lowest BCUT2D eigenvalue weighted by molar-refractivity contribution is -0.145. The molecule has 0 aromatic heterocycles. The topological polar surface area (TPSA) is 82.1 Å². The van der Waals surface area contributed by atoms with Gasteiger partial charge < -0.3 is 19.3 Å². The predicted octanol–water partition coefficient (Wildman–Crippen LogP) is 1.47. The van der Waals surface area contributed by atoms with Crippen LogP contribution in [-0.4, -0.2) is 30.3 Å². The van der Waals surface area contributed by atoms with Gasteiger partial charge >= 0.3 is 5.97 Å². The fourth-order valence-corrected chi connectivity index (χ4v) is 1.59. The third kappa shape index (κ3) is 2.22. The van der Waals surface area contributed by atoms with Crippen LogP contribution in [0.2, 0.25) is 0 Å². The van der Waals surface area contributed by atoms with Gasteiger partial charge in [0.2, 0.25) is 6.79 Å². The molecule has 96 valence electrons. The number of carbonyl (C=O) groups excluding carboxylic acids is 1. The Bertz CT molecular complexity index is 482. The summed E-state index contributed by atoms with van der Waals surface area (Å²) in [7, 11) is 0. The number of carboxylic acid groups (broad SMARTS) is 1. The van der Waals surface area contributed by atoms with Crippen molar-refractivity contribution in [3.8, 4) is 17.2 Å². The fourth-order valence-electron chi connectivity index (χ4n) is 1.59. The highest BCUT2D eigenvalue weighted by Crippen LogP contribution is 2.37. The number of rotatable bonds is 5. The maximum absolute atomic E-state index is 10.9. The molecule has 0 amide bonds. The number of aliphatic carboxylic acids is 1. The van der Waals surface area contributed by atoms with Crippen molar-refractivity contribution in [1.29, 1.82) is 0 Å². The number of carboxylic acids is 1. The first-order valence-corrected chi connectivity index (χ1v) is 5.44. The molecule has 1 atom stereocenters. The molecular weight excluding hydrogens is 240 g/mol. The predicted molar refractivity (Wildman–Crippen MR) is 60.3 cm³/mol. The maximum atomic E-state index is 10.9. The van der Waals surface area contributed by atoms with Crippen LogP contribution in [0.1, 0.15) is 23.7 Å². The van der Waals surface area contributed by atoms with Crippen LogP contribution in [0, 0.1) is 0 Å². The van der Waals surface area contributed by atoms with E-state index in [1.165, 1.54) is 12.1 Å². The summed E-state index contributed by atoms with van der Waals surface area (Å²) in [6.07, 6.45) is -0.113. The number of carbonyl (C=O) groups is 2. The lowest BCUT2D eigenvalue weighted by Gasteiger charge is -2.14. The van der Waals surface area contributed by atoms with Crippen LogP contribution in [0.5, 0.6) is 17.2 Å². The third-order valence-electron chi connectivity index (χ3n) is 2.55. The smallest absolute Gasteiger partial charge is 0.344 e. The zero-order valence-electron chi connectivity index (χ0n) is 9.71. The van der Waals surface area contributed by atoms with Gasteiger partial charge in [-0.25, -0.2) is 4.79 Å². The van der Waals surface area contributed by atoms with Crippen molar-refractivity contribution >= 4 is 12.3 Å². The zero-order valence-corrected chi connectivity index (χ0v) is 9.71. The molecule has 1 N–H and O–H groups in total. The van der Waals surface area contributed by atoms with Crippen molar-refractivity contribution in [3.63, 3.8) is 0 Å². The van der Waals surface area contributed by atoms with Crippen molar-refractivity contribution in [1.82, 2.24) is 0 Å². The zero-order chi connectivity index (χ0) is 13.1. The average Bonchev–Trinajstić information content (AvgIpc) is 2.81. The van der Waals surface area contributed by atoms with Gasteiger partial charge in [-0.15, -0.1) is 0 Å². The molecular formula is C12H12O6. The summed E-state index contributed by atoms with van der Waals surface area (Å²) in [4.78, 5) is 21.8. The average molecular weight is 252 g/mol. The standard InChI is InChI=1S/C12H12O6/c1-2-8(12(14)15)18-9-4-11-10(16-6-17-11)3-7(9)5-13/h3-5,8H,2,6H2,1H3,(H,14,15). The van der Waals surface area contributed by atoms with Crippen molar-refractivity contribution < 1.29 is 28.9 Å². The molecule has 0 saturated carbocycles. The number of hydrogen-bond donors (Lipinski definition) is 1. The van der Waals surface area contributed by atoms with Gasteiger partial charge in [-0.05, 0) is 12.5 Å². The summed E-state index contributed by atoms with van der Waals surface area (Å²) >= 11 is 0. The molecule has 0 spiro atoms. The molecule has 0 saturated heterocycles. The molecule has 6 heteroatoms. The number of aldehydes is 1. The van der Waals surface area contributed by atoms with Gasteiger partial charge in [0.05, 0.1) is 5.56 Å². The molecule has 6 nitrogen and oxygen atoms in total. The Morgan fingerprint density at radius 1 is 1.50 bits per heavy atom. The summed E-state index contributed by atoms with van der Waals surface area (Å²) in [5.74, 6) is -0.000758. The summed E-state index contributed by atoms with van der Waals surface area (Å²) in [5.41, 5.74) is 0.235. The van der Waals surface area contributed by atoms with Crippen LogP contribution >= 0.6 is 0 Å². The number of fused-ring (bicyclic) bond motifs is 1. The second-order valence-corrected chi connectivity index (χ2v) is 3.71. The monoisotopic (exact) mass is 252 g/mol. The second kappa shape index (κ2) is 4.95. The van der Waals surface area contributed by atoms with E-state index in [2.05, 4.69) is 0 Å². The minimum Gasteiger partial charge on any atom is -0.479 e. The largest absolute Gasteiger partial charge is 0.479 e. The summed E-state index contributed by atoms with van der Waals surface area (Å²) in [5, 5.41) is 8.92. The Labute approximate surface area is 103 Å². The molecule has 1 aliphatic heterocycles. The van der Waals surface area contributed by atoms with Crippen molar-refractivity contribution in [2.24, 2.45) is 0 Å². The van der Waals surface area contributed by atoms with Gasteiger partial charge in [0, 0.05) is 6.07 Å². The van der Waals surface area contributed by atoms with Crippen LogP contribution < -0.4 is 14.2 Å². The van der Waals surface area contributed by atoms with E-state index in [1.807, 2.05) is 0 Å². The molecule has 0 aliphatic carbocycles. The minimum atomic E-state index is -1.08. The minimum absolute atomic E-state index is 0.0766. The lowest BCUT2D eigenvalue weighted by Crippen LogP contribution is -2.26. The van der Waals surface area contributed by atoms with Gasteiger partial charge in [-0.2, -0.15) is 0 Å². The molecule has 1 heterocycles. The second-order valence-electron chi connectivity index (χ2n) is 3.71. The Morgan fingerprint density at radius 3 is 2.72 bits per heavy atom. The van der Waals surface area contributed by atoms with E-state index in [0.29, 0.717) is 24.2 Å². The Hall–Kier alpha value is -2.24. The highest BCUT2D eigenvalue weighted by molar-refractivity contribution is 5.82. The number of benzene rings is 1. The molecule has 1 unspecified atom stereocenters. The van der Waals surface area contributed by atoms with E-state index >= 15 is 0 Å². The van der Waals surface area contributed by atoms with Crippen LogP contribution in [0.4, 0.5) is 0 Å². The Kier molecular flexibility index (Phi) is 3.36. The van der Waals surface area contributed by atoms with Crippen LogP contribution in [0.3, 0.4) is 0 Å². The molecule has 1 aromatic carbocycles. The van der Waals surface area contributed by atoms with Gasteiger partial charge in [-0.3, -0.25) is 4.79 Å². The number of ether oxygens (including phenoxy) is 3. The van der Waals surface area contributed by atoms with Gasteiger partial charge in [0.1, 0.15) is 5.75 Å². The van der Waals surface area contributed by atoms with E-state index in [4.69, 9.17) is 19.3 Å². The molecule has 0 bridgehead atoms. The van der Waals surface area contributed by atoms with Crippen LogP contribution in [-0.2, 0) is 4.79 Å². The molecule has 18 heavy (non-hydrogen) atoms. The molecule has 2 rings (SSSR count). The first-order valence-electron chi connectivity index (χ1n) is 5.44. The normalized spacial score (nSPS) is 14.1. The summed E-state index contributed by atoms with van der Waals surface area (Å²) < 4.78 is 15.6. The summed E-state index contributed by atoms with van der Waals surface area (Å²) in [6.45, 7) is 1.76. The van der Waals surface area contributed by atoms with E-state index in [9.17, 15) is 9.59 Å². The molecule has 1 aliphatic rings. The van der Waals surface area contributed by atoms with Gasteiger partial charge in [-0.1, -0.05) is 6.92 Å². The first-order chi connectivity index (χ1) is 8.65. The van der Waals surface area contributed by atoms with E-state index < -0.39 is 12.1 Å².